The highest BCUT2D eigenvalue weighted by Gasteiger charge is 2.05. The summed E-state index contributed by atoms with van der Waals surface area (Å²) in [7, 11) is 0. The summed E-state index contributed by atoms with van der Waals surface area (Å²) in [6.07, 6.45) is 5.55. The molecule has 0 aromatic carbocycles. The van der Waals surface area contributed by atoms with E-state index in [-0.39, 0.29) is 0 Å². The van der Waals surface area contributed by atoms with Crippen molar-refractivity contribution in [3.63, 3.8) is 0 Å². The largest absolute Gasteiger partial charge is 0.264 e. The van der Waals surface area contributed by atoms with Crippen molar-refractivity contribution in [3.8, 4) is 10.6 Å². The molecule has 2 aromatic rings. The predicted molar refractivity (Wildman–Crippen MR) is 64.8 cm³/mol. The lowest BCUT2D eigenvalue weighted by Gasteiger charge is -1.96. The van der Waals surface area contributed by atoms with Crippen LogP contribution in [0.5, 0.6) is 0 Å². The molecule has 0 aliphatic rings. The van der Waals surface area contributed by atoms with Gasteiger partial charge in [0.05, 0.1) is 0 Å². The molecule has 0 aliphatic heterocycles. The van der Waals surface area contributed by atoms with Gasteiger partial charge in [0, 0.05) is 29.0 Å². The molecule has 3 heteroatoms. The Morgan fingerprint density at radius 1 is 1.33 bits per heavy atom. The Morgan fingerprint density at radius 2 is 2.13 bits per heavy atom. The summed E-state index contributed by atoms with van der Waals surface area (Å²) in [5.41, 5.74) is 3.28. The third-order valence-corrected chi connectivity index (χ3v) is 3.26. The number of nitrogens with zero attached hydrogens (tertiary/aromatic N) is 2. The van der Waals surface area contributed by atoms with Gasteiger partial charge in [-0.05, 0) is 31.1 Å². The minimum Gasteiger partial charge on any atom is -0.264 e. The summed E-state index contributed by atoms with van der Waals surface area (Å²) in [5.74, 6) is 0. The number of aryl methyl sites for hydroxylation is 1. The van der Waals surface area contributed by atoms with Crippen molar-refractivity contribution in [2.45, 2.75) is 13.8 Å². The smallest absolute Gasteiger partial charge is 0.125 e. The average molecular weight is 216 g/mol. The molecule has 2 rings (SSSR count). The first-order valence-corrected chi connectivity index (χ1v) is 5.52. The van der Waals surface area contributed by atoms with Gasteiger partial charge >= 0.3 is 0 Å². The van der Waals surface area contributed by atoms with Gasteiger partial charge in [0.15, 0.2) is 0 Å². The first-order valence-electron chi connectivity index (χ1n) is 4.70. The fraction of sp³-hybridized carbons (Fsp3) is 0.167. The van der Waals surface area contributed by atoms with Gasteiger partial charge in [-0.25, -0.2) is 4.98 Å². The predicted octanol–water partition coefficient (Wildman–Crippen LogP) is 3.55. The molecule has 0 radical (unpaired) electrons. The van der Waals surface area contributed by atoms with E-state index in [1.54, 1.807) is 11.3 Å². The fourth-order valence-corrected chi connectivity index (χ4v) is 2.10. The molecule has 0 N–H and O–H groups in total. The molecule has 2 heterocycles. The van der Waals surface area contributed by atoms with Crippen molar-refractivity contribution in [2.24, 2.45) is 0 Å². The number of hydrogen-bond acceptors (Lipinski definition) is 3. The van der Waals surface area contributed by atoms with Crippen LogP contribution in [0.2, 0.25) is 0 Å². The van der Waals surface area contributed by atoms with Gasteiger partial charge in [-0.2, -0.15) is 0 Å². The molecular weight excluding hydrogens is 204 g/mol. The van der Waals surface area contributed by atoms with Gasteiger partial charge < -0.3 is 0 Å². The van der Waals surface area contributed by atoms with Crippen molar-refractivity contribution in [2.75, 3.05) is 0 Å². The zero-order chi connectivity index (χ0) is 10.8. The van der Waals surface area contributed by atoms with Crippen LogP contribution in [0.4, 0.5) is 0 Å². The van der Waals surface area contributed by atoms with Crippen LogP contribution in [0, 0.1) is 6.92 Å². The maximum atomic E-state index is 4.37. The van der Waals surface area contributed by atoms with E-state index < -0.39 is 0 Å². The molecule has 76 valence electrons. The van der Waals surface area contributed by atoms with Gasteiger partial charge in [0.1, 0.15) is 5.01 Å². The molecule has 0 unspecified atom stereocenters. The van der Waals surface area contributed by atoms with E-state index in [2.05, 4.69) is 22.6 Å². The third kappa shape index (κ3) is 2.13. The van der Waals surface area contributed by atoms with Crippen molar-refractivity contribution >= 4 is 16.9 Å². The summed E-state index contributed by atoms with van der Waals surface area (Å²) in [6.45, 7) is 7.93. The van der Waals surface area contributed by atoms with E-state index in [4.69, 9.17) is 0 Å². The van der Waals surface area contributed by atoms with Crippen molar-refractivity contribution in [3.05, 3.63) is 41.7 Å². The highest BCUT2D eigenvalue weighted by atomic mass is 32.1. The van der Waals surface area contributed by atoms with Crippen LogP contribution in [-0.2, 0) is 0 Å². The zero-order valence-corrected chi connectivity index (χ0v) is 9.64. The molecule has 0 bridgehead atoms. The standard InChI is InChI=1S/C12H12N2S/c1-8(2)11-7-14-12(15-11)10-4-9(3)5-13-6-10/h4-7H,1H2,2-3H3. The van der Waals surface area contributed by atoms with E-state index in [9.17, 15) is 0 Å². The number of thiazole rings is 1. The van der Waals surface area contributed by atoms with Crippen molar-refractivity contribution < 1.29 is 0 Å². The number of hydrogen-bond donors (Lipinski definition) is 0. The zero-order valence-electron chi connectivity index (χ0n) is 8.82. The Morgan fingerprint density at radius 3 is 2.73 bits per heavy atom. The second-order valence-corrected chi connectivity index (χ2v) is 4.59. The normalized spacial score (nSPS) is 10.3. The Balaban J connectivity index is 2.41. The number of rotatable bonds is 2. The highest BCUT2D eigenvalue weighted by Crippen LogP contribution is 2.28. The summed E-state index contributed by atoms with van der Waals surface area (Å²) < 4.78 is 0. The molecule has 2 nitrogen and oxygen atoms in total. The lowest BCUT2D eigenvalue weighted by atomic mass is 10.2. The molecule has 0 atom stereocenters. The SMILES string of the molecule is C=C(C)c1cnc(-c2cncc(C)c2)s1. The van der Waals surface area contributed by atoms with Gasteiger partial charge in [-0.15, -0.1) is 11.3 Å². The first kappa shape index (κ1) is 10.1. The van der Waals surface area contributed by atoms with Crippen LogP contribution in [0.25, 0.3) is 16.1 Å². The Labute approximate surface area is 93.3 Å². The van der Waals surface area contributed by atoms with Gasteiger partial charge in [-0.1, -0.05) is 6.58 Å². The molecular formula is C12H12N2S. The highest BCUT2D eigenvalue weighted by molar-refractivity contribution is 7.16. The summed E-state index contributed by atoms with van der Waals surface area (Å²) >= 11 is 1.65. The van der Waals surface area contributed by atoms with Crippen LogP contribution in [0.3, 0.4) is 0 Å². The van der Waals surface area contributed by atoms with E-state index in [0.717, 1.165) is 26.6 Å². The monoisotopic (exact) mass is 216 g/mol. The Kier molecular flexibility index (Phi) is 2.64. The Bertz CT molecular complexity index is 500. The molecule has 0 spiro atoms. The summed E-state index contributed by atoms with van der Waals surface area (Å²) in [5, 5.41) is 1.00. The van der Waals surface area contributed by atoms with Crippen LogP contribution in [-0.4, -0.2) is 9.97 Å². The van der Waals surface area contributed by atoms with Crippen LogP contribution < -0.4 is 0 Å². The quantitative estimate of drug-likeness (QED) is 0.767. The van der Waals surface area contributed by atoms with E-state index >= 15 is 0 Å². The van der Waals surface area contributed by atoms with Gasteiger partial charge in [0.25, 0.3) is 0 Å². The van der Waals surface area contributed by atoms with Crippen LogP contribution in [0.1, 0.15) is 17.4 Å². The van der Waals surface area contributed by atoms with E-state index in [0.29, 0.717) is 0 Å². The average Bonchev–Trinajstić information content (AvgIpc) is 2.66. The topological polar surface area (TPSA) is 25.8 Å². The van der Waals surface area contributed by atoms with Crippen LogP contribution >= 0.6 is 11.3 Å². The second kappa shape index (κ2) is 3.95. The molecule has 0 saturated heterocycles. The van der Waals surface area contributed by atoms with Gasteiger partial charge in [0.2, 0.25) is 0 Å². The molecule has 0 aliphatic carbocycles. The molecule has 0 fully saturated rings. The first-order chi connectivity index (χ1) is 7.16. The molecule has 2 aromatic heterocycles. The second-order valence-electron chi connectivity index (χ2n) is 3.56. The maximum Gasteiger partial charge on any atom is 0.125 e. The number of allylic oxidation sites excluding steroid dienone is 1. The van der Waals surface area contributed by atoms with Crippen molar-refractivity contribution in [1.82, 2.24) is 9.97 Å². The molecule has 0 amide bonds. The number of aromatic nitrogens is 2. The van der Waals surface area contributed by atoms with E-state index in [1.165, 1.54) is 0 Å². The summed E-state index contributed by atoms with van der Waals surface area (Å²) in [4.78, 5) is 9.66. The molecule has 15 heavy (non-hydrogen) atoms. The minimum absolute atomic E-state index is 1.00. The fourth-order valence-electron chi connectivity index (χ4n) is 1.28. The van der Waals surface area contributed by atoms with Crippen molar-refractivity contribution in [1.29, 1.82) is 0 Å². The summed E-state index contributed by atoms with van der Waals surface area (Å²) in [6, 6.07) is 2.09. The lowest BCUT2D eigenvalue weighted by molar-refractivity contribution is 1.26. The van der Waals surface area contributed by atoms with E-state index in [1.807, 2.05) is 32.4 Å². The minimum atomic E-state index is 1.00. The third-order valence-electron chi connectivity index (χ3n) is 2.05. The maximum absolute atomic E-state index is 4.37. The Hall–Kier alpha value is -1.48. The lowest BCUT2D eigenvalue weighted by Crippen LogP contribution is -1.80. The number of pyridine rings is 1. The van der Waals surface area contributed by atoms with Crippen LogP contribution in [0.15, 0.2) is 31.2 Å². The van der Waals surface area contributed by atoms with Gasteiger partial charge in [-0.3, -0.25) is 4.98 Å². The molecule has 0 saturated carbocycles.